The summed E-state index contributed by atoms with van der Waals surface area (Å²) in [5.74, 6) is -2.08. The number of nitrogens with zero attached hydrogens (tertiary/aromatic N) is 1. The summed E-state index contributed by atoms with van der Waals surface area (Å²) in [6.45, 7) is -0.153. The van der Waals surface area contributed by atoms with Gasteiger partial charge in [0.25, 0.3) is 0 Å². The zero-order valence-corrected chi connectivity index (χ0v) is 13.4. The van der Waals surface area contributed by atoms with Gasteiger partial charge >= 0.3 is 12.1 Å². The fourth-order valence-electron chi connectivity index (χ4n) is 2.14. The van der Waals surface area contributed by atoms with Gasteiger partial charge in [0.15, 0.2) is 0 Å². The van der Waals surface area contributed by atoms with Crippen molar-refractivity contribution in [3.63, 3.8) is 0 Å². The number of rotatable bonds is 9. The van der Waals surface area contributed by atoms with Crippen LogP contribution in [0.3, 0.4) is 0 Å². The number of carboxylic acids is 1. The minimum Gasteiger partial charge on any atom is -0.480 e. The highest BCUT2D eigenvalue weighted by molar-refractivity contribution is 5.97. The summed E-state index contributed by atoms with van der Waals surface area (Å²) >= 11 is 0. The maximum Gasteiger partial charge on any atom is 0.417 e. The Morgan fingerprint density at radius 3 is 2.33 bits per heavy atom. The molecule has 0 unspecified atom stereocenters. The smallest absolute Gasteiger partial charge is 0.417 e. The fourth-order valence-corrected chi connectivity index (χ4v) is 2.14. The highest BCUT2D eigenvalue weighted by Gasteiger charge is 2.34. The van der Waals surface area contributed by atoms with E-state index in [2.05, 4.69) is 0 Å². The summed E-state index contributed by atoms with van der Waals surface area (Å²) in [7, 11) is 0. The Balaban J connectivity index is 2.82. The van der Waals surface area contributed by atoms with Gasteiger partial charge in [-0.05, 0) is 31.4 Å². The molecule has 0 aromatic heterocycles. The van der Waals surface area contributed by atoms with Gasteiger partial charge in [0.1, 0.15) is 12.6 Å². The lowest BCUT2D eigenvalue weighted by molar-refractivity contribution is -0.148. The Kier molecular flexibility index (Phi) is 8.45. The van der Waals surface area contributed by atoms with Crippen molar-refractivity contribution in [3.8, 4) is 0 Å². The number of imide groups is 1. The number of carbonyl (C=O) groups is 3. The van der Waals surface area contributed by atoms with Crippen LogP contribution in [0.1, 0.15) is 24.8 Å². The van der Waals surface area contributed by atoms with Crippen molar-refractivity contribution >= 4 is 18.0 Å². The van der Waals surface area contributed by atoms with Crippen LogP contribution in [0.4, 0.5) is 4.79 Å². The van der Waals surface area contributed by atoms with Crippen LogP contribution in [0.2, 0.25) is 0 Å². The molecule has 0 radical (unpaired) electrons. The fraction of sp³-hybridized carbons (Fsp3) is 0.438. The van der Waals surface area contributed by atoms with E-state index in [1.807, 2.05) is 6.07 Å². The molecule has 0 aliphatic carbocycles. The number of aliphatic carboxylic acids is 1. The quantitative estimate of drug-likeness (QED) is 0.564. The van der Waals surface area contributed by atoms with Crippen LogP contribution in [0.15, 0.2) is 30.3 Å². The van der Waals surface area contributed by atoms with Crippen LogP contribution >= 0.6 is 0 Å². The second-order valence-corrected chi connectivity index (χ2v) is 5.15. The molecule has 2 amide bonds. The van der Waals surface area contributed by atoms with E-state index in [9.17, 15) is 19.5 Å². The number of unbranched alkanes of at least 4 members (excludes halogenated alkanes) is 1. The first-order valence-electron chi connectivity index (χ1n) is 7.67. The molecule has 0 saturated heterocycles. The van der Waals surface area contributed by atoms with Gasteiger partial charge in [0.2, 0.25) is 5.91 Å². The molecule has 0 saturated carbocycles. The molecule has 0 aliphatic heterocycles. The molecule has 8 heteroatoms. The van der Waals surface area contributed by atoms with Crippen molar-refractivity contribution in [1.82, 2.24) is 4.90 Å². The summed E-state index contributed by atoms with van der Waals surface area (Å²) in [5, 5.41) is 9.35. The molecule has 5 N–H and O–H groups in total. The Morgan fingerprint density at radius 2 is 1.79 bits per heavy atom. The van der Waals surface area contributed by atoms with Crippen molar-refractivity contribution in [1.29, 1.82) is 0 Å². The van der Waals surface area contributed by atoms with E-state index in [0.29, 0.717) is 24.3 Å². The van der Waals surface area contributed by atoms with E-state index in [-0.39, 0.29) is 13.0 Å². The lowest BCUT2D eigenvalue weighted by Gasteiger charge is -2.26. The zero-order valence-electron chi connectivity index (χ0n) is 13.4. The zero-order chi connectivity index (χ0) is 17.9. The SMILES string of the molecule is NCCCC[C@@H](C(=O)O)N(C(=O)CN)C(=O)OCc1ccccc1. The molecular formula is C16H23N3O5. The number of ether oxygens (including phenoxy) is 1. The topological polar surface area (TPSA) is 136 Å². The van der Waals surface area contributed by atoms with E-state index in [4.69, 9.17) is 16.2 Å². The summed E-state index contributed by atoms with van der Waals surface area (Å²) in [4.78, 5) is 36.2. The molecule has 1 rings (SSSR count). The maximum atomic E-state index is 12.2. The van der Waals surface area contributed by atoms with E-state index in [1.165, 1.54) is 0 Å². The Bertz CT molecular complexity index is 550. The monoisotopic (exact) mass is 337 g/mol. The first-order valence-corrected chi connectivity index (χ1v) is 7.67. The van der Waals surface area contributed by atoms with Gasteiger partial charge in [-0.2, -0.15) is 0 Å². The van der Waals surface area contributed by atoms with Gasteiger partial charge in [-0.15, -0.1) is 0 Å². The van der Waals surface area contributed by atoms with Crippen LogP contribution < -0.4 is 11.5 Å². The predicted octanol–water partition coefficient (Wildman–Crippen LogP) is 0.693. The van der Waals surface area contributed by atoms with Crippen molar-refractivity contribution < 1.29 is 24.2 Å². The molecule has 0 aliphatic rings. The average molecular weight is 337 g/mol. The van der Waals surface area contributed by atoms with Gasteiger partial charge in [0, 0.05) is 0 Å². The number of nitrogens with two attached hydrogens (primary N) is 2. The number of carboxylic acid groups (broad SMARTS) is 1. The molecule has 0 spiro atoms. The molecule has 1 atom stereocenters. The second kappa shape index (κ2) is 10.3. The van der Waals surface area contributed by atoms with Crippen molar-refractivity contribution in [2.45, 2.75) is 31.9 Å². The third-order valence-corrected chi connectivity index (χ3v) is 3.37. The van der Waals surface area contributed by atoms with Crippen molar-refractivity contribution in [3.05, 3.63) is 35.9 Å². The van der Waals surface area contributed by atoms with Gasteiger partial charge in [-0.3, -0.25) is 4.79 Å². The summed E-state index contributed by atoms with van der Waals surface area (Å²) in [6, 6.07) is 7.54. The Morgan fingerprint density at radius 1 is 1.12 bits per heavy atom. The summed E-state index contributed by atoms with van der Waals surface area (Å²) in [5.41, 5.74) is 11.4. The number of benzene rings is 1. The molecular weight excluding hydrogens is 314 g/mol. The van der Waals surface area contributed by atoms with Gasteiger partial charge in [0.05, 0.1) is 6.54 Å². The molecule has 1 aromatic carbocycles. The number of hydrogen-bond acceptors (Lipinski definition) is 6. The summed E-state index contributed by atoms with van der Waals surface area (Å²) in [6.07, 6.45) is 0.134. The predicted molar refractivity (Wildman–Crippen MR) is 86.9 cm³/mol. The molecule has 0 bridgehead atoms. The largest absolute Gasteiger partial charge is 0.480 e. The summed E-state index contributed by atoms with van der Waals surface area (Å²) < 4.78 is 5.07. The third kappa shape index (κ3) is 5.98. The van der Waals surface area contributed by atoms with E-state index >= 15 is 0 Å². The van der Waals surface area contributed by atoms with E-state index in [1.54, 1.807) is 24.3 Å². The molecule has 0 fully saturated rings. The number of carbonyl (C=O) groups excluding carboxylic acids is 2. The second-order valence-electron chi connectivity index (χ2n) is 5.15. The van der Waals surface area contributed by atoms with Gasteiger partial charge < -0.3 is 21.3 Å². The lowest BCUT2D eigenvalue weighted by Crippen LogP contribution is -2.51. The van der Waals surface area contributed by atoms with Crippen LogP contribution in [0.5, 0.6) is 0 Å². The Labute approximate surface area is 140 Å². The molecule has 8 nitrogen and oxygen atoms in total. The van der Waals surface area contributed by atoms with Crippen molar-refractivity contribution in [2.24, 2.45) is 11.5 Å². The standard InChI is InChI=1S/C16H23N3O5/c17-9-5-4-8-13(15(21)22)19(14(20)10-18)16(23)24-11-12-6-2-1-3-7-12/h1-3,6-7,13H,4-5,8-11,17-18H2,(H,21,22)/t13-/m0/s1. The number of amides is 2. The normalized spacial score (nSPS) is 11.6. The van der Waals surface area contributed by atoms with Gasteiger partial charge in [-0.1, -0.05) is 30.3 Å². The minimum atomic E-state index is -1.32. The van der Waals surface area contributed by atoms with E-state index < -0.39 is 30.6 Å². The van der Waals surface area contributed by atoms with E-state index in [0.717, 1.165) is 5.56 Å². The lowest BCUT2D eigenvalue weighted by atomic mass is 10.1. The van der Waals surface area contributed by atoms with Crippen LogP contribution in [-0.4, -0.2) is 47.1 Å². The molecule has 0 heterocycles. The third-order valence-electron chi connectivity index (χ3n) is 3.37. The first kappa shape index (κ1) is 19.6. The number of hydrogen-bond donors (Lipinski definition) is 3. The molecule has 1 aromatic rings. The molecule has 24 heavy (non-hydrogen) atoms. The Hall–Kier alpha value is -2.45. The highest BCUT2D eigenvalue weighted by Crippen LogP contribution is 2.13. The highest BCUT2D eigenvalue weighted by atomic mass is 16.6. The molecule has 132 valence electrons. The van der Waals surface area contributed by atoms with Crippen LogP contribution in [0, 0.1) is 0 Å². The van der Waals surface area contributed by atoms with Crippen molar-refractivity contribution in [2.75, 3.05) is 13.1 Å². The first-order chi connectivity index (χ1) is 11.5. The van der Waals surface area contributed by atoms with Gasteiger partial charge in [-0.25, -0.2) is 14.5 Å². The maximum absolute atomic E-state index is 12.2. The average Bonchev–Trinajstić information content (AvgIpc) is 2.59. The van der Waals surface area contributed by atoms with Crippen LogP contribution in [-0.2, 0) is 20.9 Å². The van der Waals surface area contributed by atoms with Crippen LogP contribution in [0.25, 0.3) is 0 Å². The minimum absolute atomic E-state index is 0.0663.